The number of carbonyl (C=O) groups excluding carboxylic acids is 1. The van der Waals surface area contributed by atoms with Crippen molar-refractivity contribution in [3.8, 4) is 0 Å². The van der Waals surface area contributed by atoms with Gasteiger partial charge in [0.15, 0.2) is 0 Å². The van der Waals surface area contributed by atoms with E-state index in [1.54, 1.807) is 24.4 Å². The first kappa shape index (κ1) is 26.0. The molecule has 0 unspecified atom stereocenters. The minimum absolute atomic E-state index is 0.0389. The molecule has 0 radical (unpaired) electrons. The number of allylic oxidation sites excluding steroid dienone is 6. The van der Waals surface area contributed by atoms with E-state index in [4.69, 9.17) is 9.47 Å². The SMILES string of the molecule is COC1=C(n2cnc(C)c2)C=CCC(/C=C2\CCCN([C@@H](C)c3ccc(N4CCOCC4)cc3F)C2=O)=C1. The molecule has 0 N–H and O–H groups in total. The van der Waals surface area contributed by atoms with Crippen LogP contribution in [0.4, 0.5) is 10.1 Å². The van der Waals surface area contributed by atoms with Crippen LogP contribution in [0.5, 0.6) is 0 Å². The van der Waals surface area contributed by atoms with E-state index in [-0.39, 0.29) is 17.8 Å². The summed E-state index contributed by atoms with van der Waals surface area (Å²) in [5.74, 6) is 0.390. The number of imidazole rings is 1. The standard InChI is InChI=1S/C30H35FN4O3/c1-21-19-34(20-32-21)28-8-4-6-23(17-29(28)37-3)16-24-7-5-11-35(30(24)36)22(2)26-10-9-25(18-27(26)31)33-12-14-38-15-13-33/h4,8-10,16-20,22H,5-7,11-15H2,1-3H3/b24-16+/t22-/m0/s1. The van der Waals surface area contributed by atoms with E-state index in [0.29, 0.717) is 43.9 Å². The van der Waals surface area contributed by atoms with Crippen molar-refractivity contribution in [2.75, 3.05) is 44.9 Å². The first-order valence-corrected chi connectivity index (χ1v) is 13.2. The second-order valence-corrected chi connectivity index (χ2v) is 9.95. The van der Waals surface area contributed by atoms with E-state index < -0.39 is 0 Å². The molecule has 200 valence electrons. The summed E-state index contributed by atoms with van der Waals surface area (Å²) in [4.78, 5) is 21.8. The summed E-state index contributed by atoms with van der Waals surface area (Å²) in [6.07, 6.45) is 14.0. The first-order valence-electron chi connectivity index (χ1n) is 13.2. The Labute approximate surface area is 223 Å². The minimum atomic E-state index is -0.363. The molecule has 0 spiro atoms. The predicted molar refractivity (Wildman–Crippen MR) is 146 cm³/mol. The van der Waals surface area contributed by atoms with Crippen LogP contribution in [0, 0.1) is 12.7 Å². The Morgan fingerprint density at radius 1 is 1.21 bits per heavy atom. The Balaban J connectivity index is 1.36. The van der Waals surface area contributed by atoms with Crippen molar-refractivity contribution in [3.63, 3.8) is 0 Å². The summed E-state index contributed by atoms with van der Waals surface area (Å²) in [5.41, 5.74) is 4.94. The molecule has 0 bridgehead atoms. The van der Waals surface area contributed by atoms with Crippen LogP contribution in [0.25, 0.3) is 5.70 Å². The summed E-state index contributed by atoms with van der Waals surface area (Å²) in [6.45, 7) is 7.26. The van der Waals surface area contributed by atoms with E-state index in [9.17, 15) is 4.79 Å². The fourth-order valence-corrected chi connectivity index (χ4v) is 5.32. The van der Waals surface area contributed by atoms with Gasteiger partial charge in [-0.3, -0.25) is 4.79 Å². The molecule has 2 aliphatic heterocycles. The van der Waals surface area contributed by atoms with Crippen molar-refractivity contribution in [2.24, 2.45) is 0 Å². The molecule has 0 saturated carbocycles. The highest BCUT2D eigenvalue weighted by Gasteiger charge is 2.29. The highest BCUT2D eigenvalue weighted by molar-refractivity contribution is 5.95. The fraction of sp³-hybridized carbons (Fsp3) is 0.400. The van der Waals surface area contributed by atoms with Gasteiger partial charge in [0.2, 0.25) is 5.91 Å². The van der Waals surface area contributed by atoms with Crippen molar-refractivity contribution in [2.45, 2.75) is 39.2 Å². The number of piperidine rings is 1. The summed E-state index contributed by atoms with van der Waals surface area (Å²) in [6, 6.07) is 5.00. The maximum Gasteiger partial charge on any atom is 0.250 e. The van der Waals surface area contributed by atoms with Crippen LogP contribution in [0.1, 0.15) is 43.5 Å². The van der Waals surface area contributed by atoms with Gasteiger partial charge in [-0.15, -0.1) is 0 Å². The molecule has 8 heteroatoms. The topological polar surface area (TPSA) is 59.8 Å². The van der Waals surface area contributed by atoms with Crippen LogP contribution in [0.2, 0.25) is 0 Å². The maximum atomic E-state index is 15.3. The zero-order valence-electron chi connectivity index (χ0n) is 22.3. The molecule has 1 aliphatic carbocycles. The van der Waals surface area contributed by atoms with E-state index in [1.807, 2.05) is 55.0 Å². The largest absolute Gasteiger partial charge is 0.495 e. The smallest absolute Gasteiger partial charge is 0.250 e. The monoisotopic (exact) mass is 518 g/mol. The number of morpholine rings is 1. The molecule has 3 aliphatic rings. The number of carbonyl (C=O) groups is 1. The molecule has 38 heavy (non-hydrogen) atoms. The van der Waals surface area contributed by atoms with Crippen molar-refractivity contribution < 1.29 is 18.7 Å². The number of ether oxygens (including phenoxy) is 2. The second-order valence-electron chi connectivity index (χ2n) is 9.95. The summed E-state index contributed by atoms with van der Waals surface area (Å²) in [5, 5.41) is 0. The first-order chi connectivity index (χ1) is 18.4. The van der Waals surface area contributed by atoms with E-state index in [0.717, 1.165) is 47.7 Å². The number of halogens is 1. The minimum Gasteiger partial charge on any atom is -0.495 e. The third-order valence-electron chi connectivity index (χ3n) is 7.43. The average molecular weight is 519 g/mol. The van der Waals surface area contributed by atoms with Gasteiger partial charge in [-0.2, -0.15) is 0 Å². The number of rotatable bonds is 6. The van der Waals surface area contributed by atoms with Gasteiger partial charge in [0.1, 0.15) is 11.6 Å². The molecule has 1 aromatic heterocycles. The maximum absolute atomic E-state index is 15.3. The number of methoxy groups -OCH3 is 1. The third-order valence-corrected chi connectivity index (χ3v) is 7.43. The Morgan fingerprint density at radius 3 is 2.74 bits per heavy atom. The number of hydrogen-bond donors (Lipinski definition) is 0. The molecule has 1 atom stereocenters. The van der Waals surface area contributed by atoms with Gasteiger partial charge in [0, 0.05) is 42.7 Å². The van der Waals surface area contributed by atoms with E-state index >= 15 is 4.39 Å². The van der Waals surface area contributed by atoms with Crippen LogP contribution in [0.3, 0.4) is 0 Å². The highest BCUT2D eigenvalue weighted by atomic mass is 19.1. The predicted octanol–water partition coefficient (Wildman–Crippen LogP) is 5.18. The lowest BCUT2D eigenvalue weighted by Crippen LogP contribution is -2.39. The molecule has 7 nitrogen and oxygen atoms in total. The summed E-state index contributed by atoms with van der Waals surface area (Å²) >= 11 is 0. The van der Waals surface area contributed by atoms with Crippen LogP contribution in [-0.4, -0.2) is 60.3 Å². The molecule has 2 aromatic rings. The molecule has 1 amide bonds. The molecular weight excluding hydrogens is 483 g/mol. The highest BCUT2D eigenvalue weighted by Crippen LogP contribution is 2.32. The van der Waals surface area contributed by atoms with Crippen LogP contribution < -0.4 is 4.90 Å². The lowest BCUT2D eigenvalue weighted by Gasteiger charge is -2.35. The van der Waals surface area contributed by atoms with Gasteiger partial charge >= 0.3 is 0 Å². The van der Waals surface area contributed by atoms with Gasteiger partial charge in [-0.1, -0.05) is 12.1 Å². The number of amides is 1. The van der Waals surface area contributed by atoms with Crippen LogP contribution in [0.15, 0.2) is 71.9 Å². The summed E-state index contributed by atoms with van der Waals surface area (Å²) in [7, 11) is 1.65. The quantitative estimate of drug-likeness (QED) is 0.494. The zero-order valence-corrected chi connectivity index (χ0v) is 22.3. The van der Waals surface area contributed by atoms with E-state index in [2.05, 4.69) is 16.0 Å². The normalized spacial score (nSPS) is 20.6. The van der Waals surface area contributed by atoms with Crippen molar-refractivity contribution in [1.29, 1.82) is 0 Å². The third kappa shape index (κ3) is 5.45. The van der Waals surface area contributed by atoms with Gasteiger partial charge < -0.3 is 23.8 Å². The Hall–Kier alpha value is -3.65. The van der Waals surface area contributed by atoms with Gasteiger partial charge in [-0.05, 0) is 69.0 Å². The Morgan fingerprint density at radius 2 is 2.03 bits per heavy atom. The number of benzene rings is 1. The van der Waals surface area contributed by atoms with E-state index in [1.165, 1.54) is 0 Å². The van der Waals surface area contributed by atoms with Crippen molar-refractivity contribution in [1.82, 2.24) is 14.5 Å². The molecule has 2 fully saturated rings. The lowest BCUT2D eigenvalue weighted by molar-refractivity contribution is -0.130. The number of anilines is 1. The second kappa shape index (κ2) is 11.4. The van der Waals surface area contributed by atoms with Crippen molar-refractivity contribution >= 4 is 17.3 Å². The number of aromatic nitrogens is 2. The molecular formula is C30H35FN4O3. The zero-order chi connectivity index (χ0) is 26.6. The van der Waals surface area contributed by atoms with Gasteiger partial charge in [-0.25, -0.2) is 9.37 Å². The summed E-state index contributed by atoms with van der Waals surface area (Å²) < 4.78 is 28.3. The fourth-order valence-electron chi connectivity index (χ4n) is 5.32. The van der Waals surface area contributed by atoms with Crippen molar-refractivity contribution in [3.05, 3.63) is 89.0 Å². The van der Waals surface area contributed by atoms with Crippen LogP contribution in [-0.2, 0) is 14.3 Å². The number of hydrogen-bond acceptors (Lipinski definition) is 5. The lowest BCUT2D eigenvalue weighted by atomic mass is 9.96. The molecule has 5 rings (SSSR count). The van der Waals surface area contributed by atoms with Crippen LogP contribution >= 0.6 is 0 Å². The van der Waals surface area contributed by atoms with Gasteiger partial charge in [0.05, 0.1) is 44.1 Å². The Bertz CT molecular complexity index is 1320. The number of nitrogens with zero attached hydrogens (tertiary/aromatic N) is 4. The average Bonchev–Trinajstić information content (AvgIpc) is 3.25. The van der Waals surface area contributed by atoms with Gasteiger partial charge in [0.25, 0.3) is 0 Å². The number of likely N-dealkylation sites (tertiary alicyclic amines) is 1. The number of aryl methyl sites for hydroxylation is 1. The molecule has 1 aromatic carbocycles. The molecule has 3 heterocycles. The Kier molecular flexibility index (Phi) is 7.79. The molecule has 2 saturated heterocycles.